The largest absolute Gasteiger partial charge is 0.339 e. The minimum absolute atomic E-state index is 0.0676. The molecule has 1 saturated heterocycles. The fourth-order valence-electron chi connectivity index (χ4n) is 3.90. The summed E-state index contributed by atoms with van der Waals surface area (Å²) in [7, 11) is 0. The Hall–Kier alpha value is -2.22. The standard InChI is InChI=1S/C19H23N3O2/c20-12-16(17-9-5-6-10-21-17)19(24)14-11-18(23)22(13-14)15-7-3-1-2-4-8-15/h5-6,9-10,14-16H,1-4,7-8,11,13H2/t14-,16-/m1/s1. The predicted molar refractivity (Wildman–Crippen MR) is 88.9 cm³/mol. The molecule has 0 bridgehead atoms. The van der Waals surface area contributed by atoms with E-state index in [0.29, 0.717) is 12.2 Å². The smallest absolute Gasteiger partial charge is 0.223 e. The van der Waals surface area contributed by atoms with Gasteiger partial charge in [0.25, 0.3) is 0 Å². The lowest BCUT2D eigenvalue weighted by atomic mass is 9.90. The van der Waals surface area contributed by atoms with Crippen LogP contribution in [-0.2, 0) is 9.59 Å². The van der Waals surface area contributed by atoms with Crippen LogP contribution < -0.4 is 0 Å². The van der Waals surface area contributed by atoms with Crippen molar-refractivity contribution in [3.63, 3.8) is 0 Å². The number of nitriles is 1. The van der Waals surface area contributed by atoms with Crippen LogP contribution in [0.1, 0.15) is 56.6 Å². The van der Waals surface area contributed by atoms with Crippen molar-refractivity contribution in [2.24, 2.45) is 5.92 Å². The van der Waals surface area contributed by atoms with Crippen molar-refractivity contribution in [2.45, 2.75) is 56.9 Å². The number of hydrogen-bond donors (Lipinski definition) is 0. The molecule has 3 rings (SSSR count). The van der Waals surface area contributed by atoms with E-state index < -0.39 is 5.92 Å². The Balaban J connectivity index is 1.70. The Kier molecular flexibility index (Phi) is 5.24. The Morgan fingerprint density at radius 3 is 2.62 bits per heavy atom. The Bertz CT molecular complexity index is 630. The van der Waals surface area contributed by atoms with Gasteiger partial charge < -0.3 is 4.90 Å². The average Bonchev–Trinajstić information content (AvgIpc) is 2.82. The average molecular weight is 325 g/mol. The van der Waals surface area contributed by atoms with Crippen LogP contribution in [0, 0.1) is 17.2 Å². The predicted octanol–water partition coefficient (Wildman–Crippen LogP) is 2.83. The molecule has 5 heteroatoms. The summed E-state index contributed by atoms with van der Waals surface area (Å²) in [5.41, 5.74) is 0.477. The first-order valence-electron chi connectivity index (χ1n) is 8.84. The zero-order chi connectivity index (χ0) is 16.9. The Morgan fingerprint density at radius 2 is 2.00 bits per heavy atom. The molecule has 0 unspecified atom stereocenters. The summed E-state index contributed by atoms with van der Waals surface area (Å²) in [5.74, 6) is -1.36. The molecule has 2 fully saturated rings. The quantitative estimate of drug-likeness (QED) is 0.798. The van der Waals surface area contributed by atoms with Gasteiger partial charge in [0.05, 0.1) is 11.8 Å². The highest BCUT2D eigenvalue weighted by molar-refractivity contribution is 5.95. The van der Waals surface area contributed by atoms with E-state index in [9.17, 15) is 14.9 Å². The SMILES string of the molecule is N#C[C@@H](C(=O)[C@@H]1CC(=O)N(C2CCCCCC2)C1)c1ccccn1. The van der Waals surface area contributed by atoms with Crippen LogP contribution in [0.25, 0.3) is 0 Å². The van der Waals surface area contributed by atoms with Crippen molar-refractivity contribution in [1.29, 1.82) is 5.26 Å². The summed E-state index contributed by atoms with van der Waals surface area (Å²) >= 11 is 0. The number of likely N-dealkylation sites (tertiary alicyclic amines) is 1. The van der Waals surface area contributed by atoms with E-state index >= 15 is 0 Å². The van der Waals surface area contributed by atoms with Crippen molar-refractivity contribution in [1.82, 2.24) is 9.88 Å². The molecule has 126 valence electrons. The van der Waals surface area contributed by atoms with Gasteiger partial charge in [-0.25, -0.2) is 0 Å². The van der Waals surface area contributed by atoms with E-state index in [1.165, 1.54) is 12.8 Å². The van der Waals surface area contributed by atoms with Gasteiger partial charge in [0.1, 0.15) is 5.92 Å². The maximum absolute atomic E-state index is 12.8. The van der Waals surface area contributed by atoms with Gasteiger partial charge in [-0.2, -0.15) is 5.26 Å². The van der Waals surface area contributed by atoms with Gasteiger partial charge >= 0.3 is 0 Å². The highest BCUT2D eigenvalue weighted by Crippen LogP contribution is 2.31. The molecule has 0 aromatic carbocycles. The number of carbonyl (C=O) groups is 2. The first-order chi connectivity index (χ1) is 11.7. The first-order valence-corrected chi connectivity index (χ1v) is 8.84. The molecule has 1 aliphatic carbocycles. The fraction of sp³-hybridized carbons (Fsp3) is 0.579. The maximum Gasteiger partial charge on any atom is 0.223 e. The number of aromatic nitrogens is 1. The van der Waals surface area contributed by atoms with E-state index in [0.717, 1.165) is 25.7 Å². The summed E-state index contributed by atoms with van der Waals surface area (Å²) in [4.78, 5) is 31.2. The summed E-state index contributed by atoms with van der Waals surface area (Å²) in [6.07, 6.45) is 8.67. The second-order valence-corrected chi connectivity index (χ2v) is 6.81. The first kappa shape index (κ1) is 16.6. The lowest BCUT2D eigenvalue weighted by Crippen LogP contribution is -2.37. The number of pyridine rings is 1. The van der Waals surface area contributed by atoms with Crippen LogP contribution in [0.2, 0.25) is 0 Å². The fourth-order valence-corrected chi connectivity index (χ4v) is 3.90. The molecule has 2 aliphatic rings. The molecule has 1 saturated carbocycles. The molecule has 0 radical (unpaired) electrons. The van der Waals surface area contributed by atoms with Crippen LogP contribution in [0.3, 0.4) is 0 Å². The highest BCUT2D eigenvalue weighted by Gasteiger charge is 2.40. The normalized spacial score (nSPS) is 23.5. The number of hydrogen-bond acceptors (Lipinski definition) is 4. The molecular weight excluding hydrogens is 302 g/mol. The molecule has 2 heterocycles. The van der Waals surface area contributed by atoms with Crippen molar-refractivity contribution < 1.29 is 9.59 Å². The highest BCUT2D eigenvalue weighted by atomic mass is 16.2. The lowest BCUT2D eigenvalue weighted by molar-refractivity contribution is -0.130. The van der Waals surface area contributed by atoms with Gasteiger partial charge in [-0.15, -0.1) is 0 Å². The van der Waals surface area contributed by atoms with Crippen LogP contribution in [0.4, 0.5) is 0 Å². The van der Waals surface area contributed by atoms with Crippen LogP contribution in [0.5, 0.6) is 0 Å². The van der Waals surface area contributed by atoms with Gasteiger partial charge in [-0.1, -0.05) is 31.7 Å². The maximum atomic E-state index is 12.8. The van der Waals surface area contributed by atoms with E-state index in [-0.39, 0.29) is 30.1 Å². The summed E-state index contributed by atoms with van der Waals surface area (Å²) in [6.45, 7) is 0.466. The van der Waals surface area contributed by atoms with Crippen LogP contribution in [0.15, 0.2) is 24.4 Å². The molecule has 2 atom stereocenters. The number of ketones is 1. The summed E-state index contributed by atoms with van der Waals surface area (Å²) < 4.78 is 0. The molecular formula is C19H23N3O2. The Morgan fingerprint density at radius 1 is 1.25 bits per heavy atom. The molecule has 5 nitrogen and oxygen atoms in total. The second-order valence-electron chi connectivity index (χ2n) is 6.81. The molecule has 0 N–H and O–H groups in total. The Labute approximate surface area is 142 Å². The second kappa shape index (κ2) is 7.57. The number of nitrogens with zero attached hydrogens (tertiary/aromatic N) is 3. The zero-order valence-electron chi connectivity index (χ0n) is 13.9. The third-order valence-electron chi connectivity index (χ3n) is 5.22. The zero-order valence-corrected chi connectivity index (χ0v) is 13.9. The van der Waals surface area contributed by atoms with Gasteiger partial charge in [0.15, 0.2) is 5.78 Å². The molecule has 1 amide bonds. The lowest BCUT2D eigenvalue weighted by Gasteiger charge is -2.27. The monoisotopic (exact) mass is 325 g/mol. The molecule has 1 aromatic heterocycles. The van der Waals surface area contributed by atoms with Crippen molar-refractivity contribution in [3.05, 3.63) is 30.1 Å². The van der Waals surface area contributed by atoms with E-state index in [4.69, 9.17) is 0 Å². The number of rotatable bonds is 4. The molecule has 1 aromatic rings. The van der Waals surface area contributed by atoms with E-state index in [2.05, 4.69) is 11.1 Å². The molecule has 0 spiro atoms. The van der Waals surface area contributed by atoms with Crippen LogP contribution in [-0.4, -0.2) is 34.2 Å². The third-order valence-corrected chi connectivity index (χ3v) is 5.22. The minimum atomic E-state index is -0.877. The third kappa shape index (κ3) is 3.48. The number of Topliss-reactive ketones (excluding diaryl/α,β-unsaturated/α-hetero) is 1. The van der Waals surface area contributed by atoms with Crippen molar-refractivity contribution >= 4 is 11.7 Å². The number of carbonyl (C=O) groups excluding carboxylic acids is 2. The molecule has 24 heavy (non-hydrogen) atoms. The summed E-state index contributed by atoms with van der Waals surface area (Å²) in [5, 5.41) is 9.42. The summed E-state index contributed by atoms with van der Waals surface area (Å²) in [6, 6.07) is 7.58. The topological polar surface area (TPSA) is 74.1 Å². The number of amides is 1. The van der Waals surface area contributed by atoms with Gasteiger partial charge in [0, 0.05) is 31.1 Å². The van der Waals surface area contributed by atoms with Crippen molar-refractivity contribution in [2.75, 3.05) is 6.54 Å². The van der Waals surface area contributed by atoms with Crippen LogP contribution >= 0.6 is 0 Å². The van der Waals surface area contributed by atoms with Crippen molar-refractivity contribution in [3.8, 4) is 6.07 Å². The van der Waals surface area contributed by atoms with Gasteiger partial charge in [-0.3, -0.25) is 14.6 Å². The van der Waals surface area contributed by atoms with Gasteiger partial charge in [-0.05, 0) is 25.0 Å². The van der Waals surface area contributed by atoms with E-state index in [1.807, 2.05) is 4.90 Å². The minimum Gasteiger partial charge on any atom is -0.339 e. The molecule has 1 aliphatic heterocycles. The van der Waals surface area contributed by atoms with Gasteiger partial charge in [0.2, 0.25) is 5.91 Å². The van der Waals surface area contributed by atoms with E-state index in [1.54, 1.807) is 24.4 Å².